The van der Waals surface area contributed by atoms with Crippen LogP contribution in [0.2, 0.25) is 0 Å². The highest BCUT2D eigenvalue weighted by Crippen LogP contribution is 2.75. The van der Waals surface area contributed by atoms with Crippen LogP contribution in [0, 0.1) is 50.2 Å². The largest absolute Gasteiger partial charge is 0.481 e. The molecule has 0 unspecified atom stereocenters. The summed E-state index contributed by atoms with van der Waals surface area (Å²) in [5.74, 6) is 0.0603. The van der Waals surface area contributed by atoms with E-state index in [0.717, 1.165) is 51.4 Å². The molecule has 268 valence electrons. The predicted molar refractivity (Wildman–Crippen MR) is 177 cm³/mol. The average Bonchev–Trinajstić information content (AvgIpc) is 3.01. The van der Waals surface area contributed by atoms with Crippen LogP contribution in [0.1, 0.15) is 106 Å². The number of rotatable bonds is 7. The average molecular weight is 664 g/mol. The number of carbonyl (C=O) groups excluding carboxylic acids is 2. The number of aliphatic hydroxyl groups excluding tert-OH is 5. The number of allylic oxidation sites excluding steroid dienone is 2. The number of hydrogen-bond acceptors (Lipinski definition) is 9. The van der Waals surface area contributed by atoms with Crippen LogP contribution in [0.15, 0.2) is 11.6 Å². The fourth-order valence-electron chi connectivity index (χ4n) is 11.2. The van der Waals surface area contributed by atoms with Gasteiger partial charge in [0, 0.05) is 5.92 Å². The highest BCUT2D eigenvalue weighted by molar-refractivity contribution is 5.95. The minimum absolute atomic E-state index is 0.0296. The van der Waals surface area contributed by atoms with Gasteiger partial charge in [-0.05, 0) is 117 Å². The molecule has 0 radical (unpaired) electrons. The van der Waals surface area contributed by atoms with Gasteiger partial charge in [-0.2, -0.15) is 0 Å². The van der Waals surface area contributed by atoms with Crippen LogP contribution in [0.5, 0.6) is 0 Å². The Bertz CT molecular complexity index is 1250. The van der Waals surface area contributed by atoms with E-state index < -0.39 is 42.3 Å². The van der Waals surface area contributed by atoms with Gasteiger partial charge in [0.2, 0.25) is 0 Å². The van der Waals surface area contributed by atoms with Crippen LogP contribution in [0.25, 0.3) is 0 Å². The number of carboxylic acids is 1. The Kier molecular flexibility index (Phi) is 10.5. The molecule has 0 amide bonds. The Hall–Kier alpha value is -1.69. The summed E-state index contributed by atoms with van der Waals surface area (Å²) in [6, 6.07) is -0.962. The third-order valence-electron chi connectivity index (χ3n) is 14.8. The van der Waals surface area contributed by atoms with Crippen molar-refractivity contribution in [2.75, 3.05) is 13.7 Å². The topological polar surface area (TPSA) is 185 Å². The summed E-state index contributed by atoms with van der Waals surface area (Å²) < 4.78 is 0. The maximum absolute atomic E-state index is 14.2. The van der Waals surface area contributed by atoms with Gasteiger partial charge in [0.05, 0.1) is 24.2 Å². The highest BCUT2D eigenvalue weighted by atomic mass is 16.4. The summed E-state index contributed by atoms with van der Waals surface area (Å²) in [5, 5.41) is 59.2. The first-order valence-electron chi connectivity index (χ1n) is 17.6. The zero-order valence-electron chi connectivity index (χ0n) is 29.8. The molecule has 4 saturated carbocycles. The van der Waals surface area contributed by atoms with Crippen molar-refractivity contribution in [3.8, 4) is 0 Å². The number of ketones is 1. The fourth-order valence-corrected chi connectivity index (χ4v) is 11.2. The van der Waals surface area contributed by atoms with Crippen molar-refractivity contribution >= 4 is 18.0 Å². The van der Waals surface area contributed by atoms with E-state index >= 15 is 0 Å². The number of aldehydes is 1. The van der Waals surface area contributed by atoms with Gasteiger partial charge in [0.1, 0.15) is 24.6 Å². The molecular weight excluding hydrogens is 602 g/mol. The molecule has 0 bridgehead atoms. The predicted octanol–water partition coefficient (Wildman–Crippen LogP) is 3.26. The lowest BCUT2D eigenvalue weighted by atomic mass is 9.33. The first kappa shape index (κ1) is 38.1. The molecule has 10 heteroatoms. The fraction of sp³-hybridized carbons (Fsp3) is 0.865. The van der Waals surface area contributed by atoms with Crippen LogP contribution >= 0.6 is 0 Å². The number of carboxylic acid groups (broad SMARTS) is 1. The normalized spacial score (nSPS) is 44.8. The summed E-state index contributed by atoms with van der Waals surface area (Å²) in [4.78, 5) is 36.7. The van der Waals surface area contributed by atoms with Gasteiger partial charge >= 0.3 is 5.97 Å². The van der Waals surface area contributed by atoms with E-state index in [1.54, 1.807) is 0 Å². The molecule has 5 aliphatic carbocycles. The minimum atomic E-state index is -1.55. The van der Waals surface area contributed by atoms with Crippen molar-refractivity contribution < 1.29 is 45.0 Å². The number of fused-ring (bicyclic) bond motifs is 7. The van der Waals surface area contributed by atoms with Crippen molar-refractivity contribution in [3.05, 3.63) is 11.6 Å². The van der Waals surface area contributed by atoms with E-state index in [1.807, 2.05) is 13.0 Å². The molecule has 0 aromatic carbocycles. The molecule has 0 aliphatic heterocycles. The van der Waals surface area contributed by atoms with Crippen molar-refractivity contribution in [1.82, 2.24) is 5.32 Å². The molecule has 0 spiro atoms. The zero-order valence-corrected chi connectivity index (χ0v) is 29.8. The Balaban J connectivity index is 0.000000328. The lowest BCUT2D eigenvalue weighted by Gasteiger charge is -2.70. The summed E-state index contributed by atoms with van der Waals surface area (Å²) >= 11 is 0. The Morgan fingerprint density at radius 2 is 1.57 bits per heavy atom. The standard InChI is InChI=1S/C30H46O4.C7H15NO5/c1-25(2)21-8-11-30(7)23(28(21,5)10-9-22(25)32)20(31)16-18-19-17-27(4,24(33)34)13-12-26(19,3)14-15-29(18,30)6;1-8-4(2-9)6(12)7(13)5(11)3-10/h16,19,21-23,32H,8-15,17H2,1-7H3,(H,33,34);2,4-8,10-13H,3H2,1H3/t19-,21-,22-,23+,26+,27-,28-,29+,30+;4-,5+,6+,7+/m00/s1. The zero-order chi connectivity index (χ0) is 35.5. The van der Waals surface area contributed by atoms with E-state index in [1.165, 1.54) is 12.6 Å². The van der Waals surface area contributed by atoms with E-state index in [0.29, 0.717) is 18.6 Å². The highest BCUT2D eigenvalue weighted by Gasteiger charge is 2.70. The van der Waals surface area contributed by atoms with Gasteiger partial charge in [-0.25, -0.2) is 0 Å². The van der Waals surface area contributed by atoms with Gasteiger partial charge < -0.3 is 40.8 Å². The Labute approximate surface area is 280 Å². The SMILES string of the molecule is CC1(C)[C@@H](O)CC[C@]2(C)[C@H]3C(=O)C=C4[C@@H]5C[C@@](C)(C(=O)O)CC[C@]5(C)CC[C@@]4(C)[C@]3(C)CC[C@@H]12.CN[C@@H](C=O)[C@@H](O)[C@H](O)[C@H](O)CO. The third kappa shape index (κ3) is 5.86. The van der Waals surface area contributed by atoms with Crippen molar-refractivity contribution in [2.24, 2.45) is 50.2 Å². The van der Waals surface area contributed by atoms with Crippen molar-refractivity contribution in [2.45, 2.75) is 137 Å². The van der Waals surface area contributed by atoms with Gasteiger partial charge in [0.25, 0.3) is 0 Å². The maximum Gasteiger partial charge on any atom is 0.309 e. The second kappa shape index (κ2) is 12.9. The molecular formula is C37H61NO9. The first-order chi connectivity index (χ1) is 21.6. The molecule has 13 atom stereocenters. The molecule has 5 aliphatic rings. The van der Waals surface area contributed by atoms with E-state index in [4.69, 9.17) is 15.3 Å². The number of nitrogens with one attached hydrogen (secondary N) is 1. The van der Waals surface area contributed by atoms with Crippen LogP contribution in [-0.2, 0) is 14.4 Å². The summed E-state index contributed by atoms with van der Waals surface area (Å²) in [6.07, 6.45) is 5.93. The van der Waals surface area contributed by atoms with E-state index in [2.05, 4.69) is 46.9 Å². The molecule has 0 saturated heterocycles. The van der Waals surface area contributed by atoms with Crippen LogP contribution < -0.4 is 5.32 Å². The molecule has 10 nitrogen and oxygen atoms in total. The lowest BCUT2D eigenvalue weighted by Crippen LogP contribution is -2.66. The lowest BCUT2D eigenvalue weighted by molar-refractivity contribution is -0.202. The number of hydrogen-bond donors (Lipinski definition) is 7. The van der Waals surface area contributed by atoms with Gasteiger partial charge in [0.15, 0.2) is 5.78 Å². The summed E-state index contributed by atoms with van der Waals surface area (Å²) in [6.45, 7) is 15.2. The first-order valence-corrected chi connectivity index (χ1v) is 17.6. The maximum atomic E-state index is 14.2. The van der Waals surface area contributed by atoms with Crippen LogP contribution in [-0.4, -0.2) is 92.8 Å². The number of aliphatic carboxylic acids is 1. The van der Waals surface area contributed by atoms with E-state index in [9.17, 15) is 29.7 Å². The smallest absolute Gasteiger partial charge is 0.309 e. The molecule has 0 aromatic rings. The molecule has 0 aromatic heterocycles. The molecule has 0 heterocycles. The Morgan fingerprint density at radius 1 is 0.957 bits per heavy atom. The van der Waals surface area contributed by atoms with Crippen molar-refractivity contribution in [1.29, 1.82) is 0 Å². The second-order valence-corrected chi connectivity index (χ2v) is 17.6. The van der Waals surface area contributed by atoms with Gasteiger partial charge in [-0.1, -0.05) is 47.1 Å². The van der Waals surface area contributed by atoms with Crippen LogP contribution in [0.4, 0.5) is 0 Å². The minimum Gasteiger partial charge on any atom is -0.481 e. The molecule has 5 rings (SSSR count). The molecule has 4 fully saturated rings. The Morgan fingerprint density at radius 3 is 2.13 bits per heavy atom. The van der Waals surface area contributed by atoms with Crippen molar-refractivity contribution in [3.63, 3.8) is 0 Å². The van der Waals surface area contributed by atoms with Gasteiger partial charge in [-0.3, -0.25) is 9.59 Å². The monoisotopic (exact) mass is 663 g/mol. The molecule has 47 heavy (non-hydrogen) atoms. The van der Waals surface area contributed by atoms with Gasteiger partial charge in [-0.15, -0.1) is 0 Å². The molecule has 7 N–H and O–H groups in total. The number of aliphatic hydroxyl groups is 5. The number of likely N-dealkylation sites (N-methyl/N-ethyl adjacent to an activating group) is 1. The summed E-state index contributed by atoms with van der Waals surface area (Å²) in [5.41, 5.74) is 0.142. The summed E-state index contributed by atoms with van der Waals surface area (Å²) in [7, 11) is 1.43. The second-order valence-electron chi connectivity index (χ2n) is 17.6. The third-order valence-corrected chi connectivity index (χ3v) is 14.8. The number of carbonyl (C=O) groups is 3. The van der Waals surface area contributed by atoms with E-state index in [-0.39, 0.29) is 50.8 Å². The quantitative estimate of drug-likeness (QED) is 0.200. The van der Waals surface area contributed by atoms with Crippen LogP contribution in [0.3, 0.4) is 0 Å².